The van der Waals surface area contributed by atoms with Gasteiger partial charge in [-0.25, -0.2) is 14.0 Å². The van der Waals surface area contributed by atoms with E-state index in [1.807, 2.05) is 27.7 Å². The maximum atomic E-state index is 13.5. The van der Waals surface area contributed by atoms with Crippen LogP contribution in [0.25, 0.3) is 0 Å². The van der Waals surface area contributed by atoms with Gasteiger partial charge in [0.15, 0.2) is 0 Å². The third kappa shape index (κ3) is 4.22. The van der Waals surface area contributed by atoms with Gasteiger partial charge >= 0.3 is 12.0 Å². The van der Waals surface area contributed by atoms with Gasteiger partial charge in [-0.05, 0) is 30.5 Å². The molecule has 6 heteroatoms. The third-order valence-corrected chi connectivity index (χ3v) is 3.10. The lowest BCUT2D eigenvalue weighted by Crippen LogP contribution is -2.43. The molecule has 1 unspecified atom stereocenters. The average molecular weight is 282 g/mol. The fourth-order valence-corrected chi connectivity index (χ4v) is 1.35. The number of urea groups is 1. The molecule has 0 heterocycles. The van der Waals surface area contributed by atoms with Crippen molar-refractivity contribution in [2.75, 3.05) is 5.32 Å². The van der Waals surface area contributed by atoms with Crippen molar-refractivity contribution in [3.8, 4) is 0 Å². The van der Waals surface area contributed by atoms with Gasteiger partial charge in [0.1, 0.15) is 5.82 Å². The SMILES string of the molecule is CC(NC(=O)Nc1ccc(C(=O)O)c(F)c1)C(C)(C)C. The molecule has 1 rings (SSSR count). The van der Waals surface area contributed by atoms with E-state index in [0.717, 1.165) is 12.1 Å². The number of aromatic carboxylic acids is 1. The van der Waals surface area contributed by atoms with Crippen molar-refractivity contribution in [2.45, 2.75) is 33.7 Å². The van der Waals surface area contributed by atoms with Crippen LogP contribution in [0.3, 0.4) is 0 Å². The van der Waals surface area contributed by atoms with E-state index in [0.29, 0.717) is 0 Å². The average Bonchev–Trinajstić information content (AvgIpc) is 2.26. The summed E-state index contributed by atoms with van der Waals surface area (Å²) in [6, 6.07) is 2.89. The molecule has 3 N–H and O–H groups in total. The maximum Gasteiger partial charge on any atom is 0.338 e. The molecular formula is C14H19FN2O3. The number of carboxylic acids is 1. The Morgan fingerprint density at radius 3 is 2.35 bits per heavy atom. The summed E-state index contributed by atoms with van der Waals surface area (Å²) in [6.07, 6.45) is 0. The zero-order valence-electron chi connectivity index (χ0n) is 12.0. The van der Waals surface area contributed by atoms with Crippen LogP contribution in [0.2, 0.25) is 0 Å². The van der Waals surface area contributed by atoms with Gasteiger partial charge in [-0.15, -0.1) is 0 Å². The second-order valence-electron chi connectivity index (χ2n) is 5.69. The van der Waals surface area contributed by atoms with Gasteiger partial charge in [-0.2, -0.15) is 0 Å². The minimum absolute atomic E-state index is 0.0781. The van der Waals surface area contributed by atoms with Crippen LogP contribution in [0.4, 0.5) is 14.9 Å². The summed E-state index contributed by atoms with van der Waals surface area (Å²) in [4.78, 5) is 22.4. The lowest BCUT2D eigenvalue weighted by atomic mass is 9.88. The molecule has 0 fully saturated rings. The van der Waals surface area contributed by atoms with Gasteiger partial charge < -0.3 is 15.7 Å². The lowest BCUT2D eigenvalue weighted by Gasteiger charge is -2.28. The molecule has 20 heavy (non-hydrogen) atoms. The summed E-state index contributed by atoms with van der Waals surface area (Å²) in [5.74, 6) is -2.24. The molecule has 1 aromatic rings. The molecule has 0 spiro atoms. The maximum absolute atomic E-state index is 13.5. The molecule has 1 atom stereocenters. The molecular weight excluding hydrogens is 263 g/mol. The Hall–Kier alpha value is -2.11. The van der Waals surface area contributed by atoms with Crippen molar-refractivity contribution >= 4 is 17.7 Å². The van der Waals surface area contributed by atoms with E-state index in [1.54, 1.807) is 0 Å². The molecule has 0 bridgehead atoms. The van der Waals surface area contributed by atoms with Gasteiger partial charge in [-0.1, -0.05) is 20.8 Å². The molecule has 110 valence electrons. The van der Waals surface area contributed by atoms with Crippen LogP contribution in [0.15, 0.2) is 18.2 Å². The Kier molecular flexibility index (Phi) is 4.70. The molecule has 0 saturated carbocycles. The highest BCUT2D eigenvalue weighted by Crippen LogP contribution is 2.19. The number of hydrogen-bond donors (Lipinski definition) is 3. The van der Waals surface area contributed by atoms with E-state index in [2.05, 4.69) is 10.6 Å². The zero-order valence-corrected chi connectivity index (χ0v) is 12.0. The molecule has 2 amide bonds. The standard InChI is InChI=1S/C14H19FN2O3/c1-8(14(2,3)4)16-13(20)17-9-5-6-10(12(18)19)11(15)7-9/h5-8H,1-4H3,(H,18,19)(H2,16,17,20). The normalized spacial score (nSPS) is 12.7. The number of amides is 2. The minimum Gasteiger partial charge on any atom is -0.478 e. The number of halogens is 1. The van der Waals surface area contributed by atoms with Gasteiger partial charge in [-0.3, -0.25) is 0 Å². The Morgan fingerprint density at radius 2 is 1.90 bits per heavy atom. The molecule has 0 aromatic heterocycles. The Bertz CT molecular complexity index is 524. The van der Waals surface area contributed by atoms with Crippen LogP contribution < -0.4 is 10.6 Å². The summed E-state index contributed by atoms with van der Waals surface area (Å²) in [5.41, 5.74) is -0.333. The van der Waals surface area contributed by atoms with Gasteiger partial charge in [0.2, 0.25) is 0 Å². The molecule has 1 aromatic carbocycles. The van der Waals surface area contributed by atoms with Crippen LogP contribution in [0.5, 0.6) is 0 Å². The fourth-order valence-electron chi connectivity index (χ4n) is 1.35. The molecule has 0 aliphatic rings. The van der Waals surface area contributed by atoms with E-state index in [1.165, 1.54) is 6.07 Å². The summed E-state index contributed by atoms with van der Waals surface area (Å²) >= 11 is 0. The number of carbonyl (C=O) groups excluding carboxylic acids is 1. The molecule has 5 nitrogen and oxygen atoms in total. The number of nitrogens with one attached hydrogen (secondary N) is 2. The largest absolute Gasteiger partial charge is 0.478 e. The van der Waals surface area contributed by atoms with Gasteiger partial charge in [0.25, 0.3) is 0 Å². The number of carbonyl (C=O) groups is 2. The minimum atomic E-state index is -1.35. The van der Waals surface area contributed by atoms with Gasteiger partial charge in [0, 0.05) is 11.7 Å². The van der Waals surface area contributed by atoms with Crippen LogP contribution in [-0.4, -0.2) is 23.1 Å². The molecule has 0 saturated heterocycles. The van der Waals surface area contributed by atoms with Crippen LogP contribution in [0.1, 0.15) is 38.1 Å². The van der Waals surface area contributed by atoms with E-state index < -0.39 is 23.4 Å². The first-order valence-corrected chi connectivity index (χ1v) is 6.21. The van der Waals surface area contributed by atoms with E-state index in [4.69, 9.17) is 5.11 Å². The van der Waals surface area contributed by atoms with E-state index in [9.17, 15) is 14.0 Å². The highest BCUT2D eigenvalue weighted by Gasteiger charge is 2.21. The van der Waals surface area contributed by atoms with Crippen molar-refractivity contribution in [2.24, 2.45) is 5.41 Å². The Balaban J connectivity index is 2.72. The number of hydrogen-bond acceptors (Lipinski definition) is 2. The van der Waals surface area contributed by atoms with E-state index >= 15 is 0 Å². The van der Waals surface area contributed by atoms with Crippen LogP contribution >= 0.6 is 0 Å². The Labute approximate surface area is 117 Å². The van der Waals surface area contributed by atoms with Crippen LogP contribution in [0, 0.1) is 11.2 Å². The van der Waals surface area contributed by atoms with Crippen molar-refractivity contribution in [1.82, 2.24) is 5.32 Å². The van der Waals surface area contributed by atoms with E-state index in [-0.39, 0.29) is 17.1 Å². The van der Waals surface area contributed by atoms with Crippen molar-refractivity contribution in [3.63, 3.8) is 0 Å². The summed E-state index contributed by atoms with van der Waals surface area (Å²) in [6.45, 7) is 7.82. The fraction of sp³-hybridized carbons (Fsp3) is 0.429. The highest BCUT2D eigenvalue weighted by molar-refractivity contribution is 5.91. The zero-order chi connectivity index (χ0) is 15.5. The van der Waals surface area contributed by atoms with Gasteiger partial charge in [0.05, 0.1) is 5.56 Å². The number of benzene rings is 1. The molecule has 0 radical (unpaired) electrons. The summed E-state index contributed by atoms with van der Waals surface area (Å²) in [7, 11) is 0. The predicted octanol–water partition coefficient (Wildman–Crippen LogP) is 3.08. The predicted molar refractivity (Wildman–Crippen MR) is 74.4 cm³/mol. The molecule has 0 aliphatic heterocycles. The molecule has 0 aliphatic carbocycles. The quantitative estimate of drug-likeness (QED) is 0.797. The first-order chi connectivity index (χ1) is 9.11. The van der Waals surface area contributed by atoms with Crippen molar-refractivity contribution in [1.29, 1.82) is 0 Å². The van der Waals surface area contributed by atoms with Crippen molar-refractivity contribution in [3.05, 3.63) is 29.6 Å². The van der Waals surface area contributed by atoms with Crippen LogP contribution in [-0.2, 0) is 0 Å². The second-order valence-corrected chi connectivity index (χ2v) is 5.69. The summed E-state index contributed by atoms with van der Waals surface area (Å²) < 4.78 is 13.5. The number of anilines is 1. The first kappa shape index (κ1) is 15.9. The second kappa shape index (κ2) is 5.90. The lowest BCUT2D eigenvalue weighted by molar-refractivity contribution is 0.0692. The summed E-state index contributed by atoms with van der Waals surface area (Å²) in [5, 5.41) is 13.9. The monoisotopic (exact) mass is 282 g/mol. The highest BCUT2D eigenvalue weighted by atomic mass is 19.1. The number of carboxylic acid groups (broad SMARTS) is 1. The Morgan fingerprint density at radius 1 is 1.30 bits per heavy atom. The first-order valence-electron chi connectivity index (χ1n) is 6.21. The third-order valence-electron chi connectivity index (χ3n) is 3.10. The smallest absolute Gasteiger partial charge is 0.338 e. The topological polar surface area (TPSA) is 78.4 Å². The number of rotatable bonds is 3. The van der Waals surface area contributed by atoms with Crippen molar-refractivity contribution < 1.29 is 19.1 Å².